The number of methoxy groups -OCH3 is 2. The van der Waals surface area contributed by atoms with Crippen LogP contribution in [0.5, 0.6) is 11.5 Å². The number of aryl methyl sites for hydroxylation is 1. The van der Waals surface area contributed by atoms with Gasteiger partial charge in [-0.2, -0.15) is 0 Å². The summed E-state index contributed by atoms with van der Waals surface area (Å²) in [5.41, 5.74) is 1.35. The number of aliphatic carboxylic acids is 1. The van der Waals surface area contributed by atoms with Crippen LogP contribution in [0.2, 0.25) is 0 Å². The van der Waals surface area contributed by atoms with Gasteiger partial charge in [0, 0.05) is 28.8 Å². The van der Waals surface area contributed by atoms with Crippen LogP contribution in [0.15, 0.2) is 12.1 Å². The number of carbonyl (C=O) groups is 1. The highest BCUT2D eigenvalue weighted by molar-refractivity contribution is 5.97. The van der Waals surface area contributed by atoms with Crippen LogP contribution in [-0.4, -0.2) is 30.3 Å². The zero-order valence-electron chi connectivity index (χ0n) is 12.3. The Labute approximate surface area is 117 Å². The van der Waals surface area contributed by atoms with Gasteiger partial charge in [-0.05, 0) is 20.8 Å². The van der Waals surface area contributed by atoms with Crippen molar-refractivity contribution in [2.24, 2.45) is 0 Å². The molecule has 2 rings (SSSR count). The second kappa shape index (κ2) is 4.74. The average Bonchev–Trinajstić information content (AvgIpc) is 2.73. The molecule has 2 N–H and O–H groups in total. The van der Waals surface area contributed by atoms with Crippen molar-refractivity contribution in [2.45, 2.75) is 26.2 Å². The summed E-state index contributed by atoms with van der Waals surface area (Å²) in [7, 11) is 3.15. The Hall–Kier alpha value is -2.17. The maximum atomic E-state index is 11.6. The van der Waals surface area contributed by atoms with Crippen molar-refractivity contribution < 1.29 is 19.4 Å². The monoisotopic (exact) mass is 277 g/mol. The minimum absolute atomic E-state index is 0.605. The number of ether oxygens (including phenoxy) is 2. The fraction of sp³-hybridized carbons (Fsp3) is 0.400. The molecular formula is C15H19NO4. The van der Waals surface area contributed by atoms with Crippen LogP contribution in [-0.2, 0) is 10.2 Å². The molecule has 5 nitrogen and oxygen atoms in total. The number of hydrogen-bond acceptors (Lipinski definition) is 3. The van der Waals surface area contributed by atoms with Gasteiger partial charge in [0.1, 0.15) is 11.5 Å². The molecule has 0 amide bonds. The molecule has 108 valence electrons. The van der Waals surface area contributed by atoms with Gasteiger partial charge in [0.25, 0.3) is 0 Å². The number of rotatable bonds is 4. The van der Waals surface area contributed by atoms with Crippen molar-refractivity contribution in [2.75, 3.05) is 14.2 Å². The topological polar surface area (TPSA) is 71.6 Å². The fourth-order valence-electron chi connectivity index (χ4n) is 2.57. The molecule has 0 bridgehead atoms. The number of aromatic nitrogens is 1. The number of carboxylic acids is 1. The molecule has 0 atom stereocenters. The van der Waals surface area contributed by atoms with Crippen LogP contribution >= 0.6 is 0 Å². The maximum Gasteiger partial charge on any atom is 0.313 e. The highest BCUT2D eigenvalue weighted by Gasteiger charge is 2.35. The fourth-order valence-corrected chi connectivity index (χ4v) is 2.57. The van der Waals surface area contributed by atoms with Gasteiger partial charge in [-0.15, -0.1) is 0 Å². The van der Waals surface area contributed by atoms with Crippen LogP contribution in [0.1, 0.15) is 25.1 Å². The molecule has 1 aromatic carbocycles. The molecule has 5 heteroatoms. The van der Waals surface area contributed by atoms with E-state index in [0.717, 1.165) is 22.2 Å². The molecule has 0 saturated heterocycles. The van der Waals surface area contributed by atoms with Crippen LogP contribution in [0, 0.1) is 6.92 Å². The first kappa shape index (κ1) is 14.2. The van der Waals surface area contributed by atoms with E-state index in [1.165, 1.54) is 0 Å². The summed E-state index contributed by atoms with van der Waals surface area (Å²) in [5, 5.41) is 10.3. The standard InChI is InChI=1S/C15H19NO4/c1-8-13(15(2,3)14(17)18)12-10(16-8)6-9(19-4)7-11(12)20-5/h6-7,16H,1-5H3,(H,17,18). The number of nitrogens with one attached hydrogen (secondary N) is 1. The van der Waals surface area contributed by atoms with E-state index in [0.29, 0.717) is 11.5 Å². The van der Waals surface area contributed by atoms with Crippen molar-refractivity contribution in [1.82, 2.24) is 4.98 Å². The Kier molecular flexibility index (Phi) is 3.38. The highest BCUT2D eigenvalue weighted by atomic mass is 16.5. The Bertz CT molecular complexity index is 670. The Morgan fingerprint density at radius 3 is 2.40 bits per heavy atom. The zero-order valence-corrected chi connectivity index (χ0v) is 12.3. The summed E-state index contributed by atoms with van der Waals surface area (Å²) in [6.07, 6.45) is 0. The van der Waals surface area contributed by atoms with Crippen molar-refractivity contribution in [1.29, 1.82) is 0 Å². The zero-order chi connectivity index (χ0) is 15.1. The van der Waals surface area contributed by atoms with E-state index in [4.69, 9.17) is 9.47 Å². The Morgan fingerprint density at radius 2 is 1.90 bits per heavy atom. The van der Waals surface area contributed by atoms with Crippen molar-refractivity contribution >= 4 is 16.9 Å². The van der Waals surface area contributed by atoms with E-state index in [1.807, 2.05) is 13.0 Å². The number of hydrogen-bond donors (Lipinski definition) is 2. The van der Waals surface area contributed by atoms with Gasteiger partial charge in [-0.25, -0.2) is 0 Å². The van der Waals surface area contributed by atoms with Gasteiger partial charge in [0.15, 0.2) is 0 Å². The van der Waals surface area contributed by atoms with E-state index >= 15 is 0 Å². The first-order valence-corrected chi connectivity index (χ1v) is 6.31. The lowest BCUT2D eigenvalue weighted by Crippen LogP contribution is -2.29. The summed E-state index contributed by atoms with van der Waals surface area (Å²) in [6, 6.07) is 3.60. The van der Waals surface area contributed by atoms with Gasteiger partial charge >= 0.3 is 5.97 Å². The minimum Gasteiger partial charge on any atom is -0.497 e. The number of benzene rings is 1. The summed E-state index contributed by atoms with van der Waals surface area (Å²) < 4.78 is 10.6. The van der Waals surface area contributed by atoms with Gasteiger partial charge in [-0.1, -0.05) is 0 Å². The molecular weight excluding hydrogens is 258 g/mol. The van der Waals surface area contributed by atoms with E-state index in [2.05, 4.69) is 4.98 Å². The Balaban J connectivity index is 2.86. The predicted molar refractivity (Wildman–Crippen MR) is 76.8 cm³/mol. The lowest BCUT2D eigenvalue weighted by atomic mass is 9.82. The highest BCUT2D eigenvalue weighted by Crippen LogP contribution is 2.40. The molecule has 1 aromatic heterocycles. The van der Waals surface area contributed by atoms with Gasteiger partial charge in [-0.3, -0.25) is 4.79 Å². The van der Waals surface area contributed by atoms with Gasteiger partial charge < -0.3 is 19.6 Å². The first-order valence-electron chi connectivity index (χ1n) is 6.31. The molecule has 0 saturated carbocycles. The van der Waals surface area contributed by atoms with Gasteiger partial charge in [0.05, 0.1) is 25.2 Å². The number of H-pyrrole nitrogens is 1. The lowest BCUT2D eigenvalue weighted by molar-refractivity contribution is -0.142. The molecule has 0 radical (unpaired) electrons. The summed E-state index contributed by atoms with van der Waals surface area (Å²) >= 11 is 0. The van der Waals surface area contributed by atoms with Gasteiger partial charge in [0.2, 0.25) is 0 Å². The third kappa shape index (κ3) is 1.99. The molecule has 0 spiro atoms. The van der Waals surface area contributed by atoms with Crippen molar-refractivity contribution in [3.63, 3.8) is 0 Å². The lowest BCUT2D eigenvalue weighted by Gasteiger charge is -2.21. The van der Waals surface area contributed by atoms with E-state index in [1.54, 1.807) is 34.1 Å². The quantitative estimate of drug-likeness (QED) is 0.901. The van der Waals surface area contributed by atoms with Crippen molar-refractivity contribution in [3.8, 4) is 11.5 Å². The molecule has 0 unspecified atom stereocenters. The molecule has 0 fully saturated rings. The molecule has 2 aromatic rings. The average molecular weight is 277 g/mol. The third-order valence-electron chi connectivity index (χ3n) is 3.64. The second-order valence-corrected chi connectivity index (χ2v) is 5.31. The van der Waals surface area contributed by atoms with E-state index in [9.17, 15) is 9.90 Å². The summed E-state index contributed by atoms with van der Waals surface area (Å²) in [4.78, 5) is 14.8. The minimum atomic E-state index is -1.01. The van der Waals surface area contributed by atoms with E-state index < -0.39 is 11.4 Å². The largest absolute Gasteiger partial charge is 0.497 e. The molecule has 1 heterocycles. The summed E-state index contributed by atoms with van der Waals surface area (Å²) in [6.45, 7) is 5.25. The number of fused-ring (bicyclic) bond motifs is 1. The SMILES string of the molecule is COc1cc(OC)c2c(C(C)(C)C(=O)O)c(C)[nH]c2c1. The molecule has 0 aliphatic carbocycles. The first-order chi connectivity index (χ1) is 9.32. The van der Waals surface area contributed by atoms with E-state index in [-0.39, 0.29) is 0 Å². The second-order valence-electron chi connectivity index (χ2n) is 5.31. The predicted octanol–water partition coefficient (Wildman–Crippen LogP) is 2.86. The third-order valence-corrected chi connectivity index (χ3v) is 3.64. The number of aromatic amines is 1. The normalized spacial score (nSPS) is 11.7. The van der Waals surface area contributed by atoms with Crippen LogP contribution < -0.4 is 9.47 Å². The summed E-state index contributed by atoms with van der Waals surface area (Å²) in [5.74, 6) is 0.391. The Morgan fingerprint density at radius 1 is 1.25 bits per heavy atom. The molecule has 0 aliphatic heterocycles. The molecule has 0 aliphatic rings. The van der Waals surface area contributed by atoms with Crippen LogP contribution in [0.4, 0.5) is 0 Å². The van der Waals surface area contributed by atoms with Crippen LogP contribution in [0.25, 0.3) is 10.9 Å². The maximum absolute atomic E-state index is 11.6. The smallest absolute Gasteiger partial charge is 0.313 e. The number of carboxylic acid groups (broad SMARTS) is 1. The van der Waals surface area contributed by atoms with Crippen molar-refractivity contribution in [3.05, 3.63) is 23.4 Å². The van der Waals surface area contributed by atoms with Crippen LogP contribution in [0.3, 0.4) is 0 Å². The molecule has 20 heavy (non-hydrogen) atoms.